The normalized spacial score (nSPS) is 19.0. The maximum Gasteiger partial charge on any atom is 0.260 e. The van der Waals surface area contributed by atoms with E-state index < -0.39 is 0 Å². The first-order valence-corrected chi connectivity index (χ1v) is 12.9. The standard InChI is InChI=1S/C29H34N4O3/c34-29(33-13-4-7-24(10-14-33)23-5-2-1-3-6-23)22-36-28-9-8-25(27-20-30-11-12-31-27)19-26(28)21-32-15-17-35-18-16-32/h1-3,5-6,8-9,11-12,19-20,24H,4,7,10,13-18,21-22H2/t24-/m0/s1. The van der Waals surface area contributed by atoms with Crippen molar-refractivity contribution in [3.05, 3.63) is 78.2 Å². The van der Waals surface area contributed by atoms with Gasteiger partial charge in [0, 0.05) is 56.2 Å². The third-order valence-electron chi connectivity index (χ3n) is 7.12. The van der Waals surface area contributed by atoms with Crippen LogP contribution in [0.1, 0.15) is 36.3 Å². The number of nitrogens with zero attached hydrogens (tertiary/aromatic N) is 4. The monoisotopic (exact) mass is 486 g/mol. The summed E-state index contributed by atoms with van der Waals surface area (Å²) in [5.41, 5.74) is 4.23. The SMILES string of the molecule is O=C(COc1ccc(-c2cnccn2)cc1CN1CCOCC1)N1CCC[C@H](c2ccccc2)CC1. The summed E-state index contributed by atoms with van der Waals surface area (Å²) in [6.07, 6.45) is 8.25. The van der Waals surface area contributed by atoms with E-state index in [-0.39, 0.29) is 12.5 Å². The summed E-state index contributed by atoms with van der Waals surface area (Å²) < 4.78 is 11.7. The molecule has 3 heterocycles. The number of rotatable bonds is 7. The van der Waals surface area contributed by atoms with Crippen LogP contribution in [-0.4, -0.2) is 71.7 Å². The van der Waals surface area contributed by atoms with Crippen LogP contribution in [0.2, 0.25) is 0 Å². The number of aromatic nitrogens is 2. The highest BCUT2D eigenvalue weighted by atomic mass is 16.5. The third-order valence-corrected chi connectivity index (χ3v) is 7.12. The molecule has 36 heavy (non-hydrogen) atoms. The topological polar surface area (TPSA) is 67.8 Å². The van der Waals surface area contributed by atoms with Gasteiger partial charge < -0.3 is 14.4 Å². The Morgan fingerprint density at radius 2 is 1.86 bits per heavy atom. The van der Waals surface area contributed by atoms with E-state index in [4.69, 9.17) is 9.47 Å². The van der Waals surface area contributed by atoms with E-state index in [2.05, 4.69) is 51.3 Å². The van der Waals surface area contributed by atoms with Crippen LogP contribution in [0.3, 0.4) is 0 Å². The quantitative estimate of drug-likeness (QED) is 0.500. The van der Waals surface area contributed by atoms with Gasteiger partial charge >= 0.3 is 0 Å². The van der Waals surface area contributed by atoms with Gasteiger partial charge in [0.05, 0.1) is 25.1 Å². The number of carbonyl (C=O) groups is 1. The summed E-state index contributed by atoms with van der Waals surface area (Å²) in [5.74, 6) is 1.32. The van der Waals surface area contributed by atoms with Gasteiger partial charge in [-0.3, -0.25) is 19.7 Å². The largest absolute Gasteiger partial charge is 0.483 e. The van der Waals surface area contributed by atoms with Crippen LogP contribution in [0, 0.1) is 0 Å². The first-order chi connectivity index (χ1) is 17.8. The molecule has 5 rings (SSSR count). The Balaban J connectivity index is 1.25. The molecule has 188 valence electrons. The predicted molar refractivity (Wildman–Crippen MR) is 139 cm³/mol. The minimum absolute atomic E-state index is 0.0522. The lowest BCUT2D eigenvalue weighted by atomic mass is 9.92. The molecule has 0 N–H and O–H groups in total. The second-order valence-corrected chi connectivity index (χ2v) is 9.51. The van der Waals surface area contributed by atoms with Gasteiger partial charge in [-0.05, 0) is 48.9 Å². The zero-order valence-corrected chi connectivity index (χ0v) is 20.7. The van der Waals surface area contributed by atoms with Gasteiger partial charge in [0.2, 0.25) is 0 Å². The molecule has 0 bridgehead atoms. The average Bonchev–Trinajstić information content (AvgIpc) is 3.20. The maximum absolute atomic E-state index is 13.1. The minimum atomic E-state index is 0.0522. The fourth-order valence-corrected chi connectivity index (χ4v) is 5.09. The van der Waals surface area contributed by atoms with Gasteiger partial charge in [-0.15, -0.1) is 0 Å². The second-order valence-electron chi connectivity index (χ2n) is 9.51. The molecular weight excluding hydrogens is 452 g/mol. The van der Waals surface area contributed by atoms with E-state index in [9.17, 15) is 4.79 Å². The van der Waals surface area contributed by atoms with E-state index in [1.807, 2.05) is 17.0 Å². The van der Waals surface area contributed by atoms with Crippen LogP contribution in [0.5, 0.6) is 5.75 Å². The molecule has 2 saturated heterocycles. The molecule has 0 unspecified atom stereocenters. The van der Waals surface area contributed by atoms with Crippen LogP contribution >= 0.6 is 0 Å². The summed E-state index contributed by atoms with van der Waals surface area (Å²) in [5, 5.41) is 0. The third kappa shape index (κ3) is 6.28. The van der Waals surface area contributed by atoms with E-state index in [0.717, 1.165) is 87.8 Å². The minimum Gasteiger partial charge on any atom is -0.483 e. The number of likely N-dealkylation sites (tertiary alicyclic amines) is 1. The van der Waals surface area contributed by atoms with Crippen molar-refractivity contribution in [1.29, 1.82) is 0 Å². The van der Waals surface area contributed by atoms with E-state index in [0.29, 0.717) is 5.92 Å². The lowest BCUT2D eigenvalue weighted by Crippen LogP contribution is -2.36. The highest BCUT2D eigenvalue weighted by Crippen LogP contribution is 2.29. The Hall–Kier alpha value is -3.29. The molecule has 0 radical (unpaired) electrons. The van der Waals surface area contributed by atoms with E-state index in [1.54, 1.807) is 18.6 Å². The number of carbonyl (C=O) groups excluding carboxylic acids is 1. The highest BCUT2D eigenvalue weighted by molar-refractivity contribution is 5.78. The fourth-order valence-electron chi connectivity index (χ4n) is 5.09. The summed E-state index contributed by atoms with van der Waals surface area (Å²) in [7, 11) is 0. The molecule has 0 saturated carbocycles. The van der Waals surface area contributed by atoms with E-state index >= 15 is 0 Å². The lowest BCUT2D eigenvalue weighted by molar-refractivity contribution is -0.133. The van der Waals surface area contributed by atoms with Crippen molar-refractivity contribution in [2.24, 2.45) is 0 Å². The Kier molecular flexibility index (Phi) is 8.20. The molecule has 2 aliphatic heterocycles. The van der Waals surface area contributed by atoms with Crippen molar-refractivity contribution in [3.63, 3.8) is 0 Å². The van der Waals surface area contributed by atoms with Gasteiger partial charge in [-0.1, -0.05) is 30.3 Å². The zero-order valence-electron chi connectivity index (χ0n) is 20.7. The van der Waals surface area contributed by atoms with Crippen molar-refractivity contribution in [2.75, 3.05) is 46.0 Å². The molecule has 1 amide bonds. The molecule has 1 atom stereocenters. The second kappa shape index (κ2) is 12.1. The maximum atomic E-state index is 13.1. The van der Waals surface area contributed by atoms with Crippen LogP contribution in [0.25, 0.3) is 11.3 Å². The Bertz CT molecular complexity index is 1120. The van der Waals surface area contributed by atoms with Gasteiger partial charge in [-0.2, -0.15) is 0 Å². The van der Waals surface area contributed by atoms with Crippen molar-refractivity contribution in [2.45, 2.75) is 31.7 Å². The zero-order chi connectivity index (χ0) is 24.6. The van der Waals surface area contributed by atoms with Crippen molar-refractivity contribution in [3.8, 4) is 17.0 Å². The first-order valence-electron chi connectivity index (χ1n) is 12.9. The molecule has 0 spiro atoms. The number of amides is 1. The Morgan fingerprint density at radius 1 is 1.00 bits per heavy atom. The summed E-state index contributed by atoms with van der Waals surface area (Å²) in [6, 6.07) is 16.7. The molecule has 7 nitrogen and oxygen atoms in total. The molecule has 3 aromatic rings. The van der Waals surface area contributed by atoms with Crippen LogP contribution in [0.4, 0.5) is 0 Å². The lowest BCUT2D eigenvalue weighted by Gasteiger charge is -2.27. The average molecular weight is 487 g/mol. The smallest absolute Gasteiger partial charge is 0.260 e. The molecule has 7 heteroatoms. The fraction of sp³-hybridized carbons (Fsp3) is 0.414. The summed E-state index contributed by atoms with van der Waals surface area (Å²) in [6.45, 7) is 5.58. The molecule has 2 aliphatic rings. The van der Waals surface area contributed by atoms with Crippen LogP contribution in [0.15, 0.2) is 67.1 Å². The Labute approximate surface area is 213 Å². The summed E-state index contributed by atoms with van der Waals surface area (Å²) >= 11 is 0. The number of benzene rings is 2. The highest BCUT2D eigenvalue weighted by Gasteiger charge is 2.22. The van der Waals surface area contributed by atoms with Crippen LogP contribution < -0.4 is 4.74 Å². The Morgan fingerprint density at radius 3 is 2.67 bits per heavy atom. The number of morpholine rings is 1. The van der Waals surface area contributed by atoms with Gasteiger partial charge in [-0.25, -0.2) is 0 Å². The first kappa shape index (κ1) is 24.4. The van der Waals surface area contributed by atoms with Gasteiger partial charge in [0.25, 0.3) is 5.91 Å². The van der Waals surface area contributed by atoms with Crippen molar-refractivity contribution < 1.29 is 14.3 Å². The number of ether oxygens (including phenoxy) is 2. The predicted octanol–water partition coefficient (Wildman–Crippen LogP) is 4.15. The molecule has 0 aliphatic carbocycles. The number of hydrogen-bond donors (Lipinski definition) is 0. The molecule has 2 fully saturated rings. The van der Waals surface area contributed by atoms with E-state index in [1.165, 1.54) is 5.56 Å². The van der Waals surface area contributed by atoms with Crippen molar-refractivity contribution >= 4 is 5.91 Å². The van der Waals surface area contributed by atoms with Gasteiger partial charge in [0.15, 0.2) is 6.61 Å². The van der Waals surface area contributed by atoms with Crippen LogP contribution in [-0.2, 0) is 16.1 Å². The molecule has 2 aromatic carbocycles. The number of hydrogen-bond acceptors (Lipinski definition) is 6. The van der Waals surface area contributed by atoms with Gasteiger partial charge in [0.1, 0.15) is 5.75 Å². The molecule has 1 aromatic heterocycles. The molecular formula is C29H34N4O3. The summed E-state index contributed by atoms with van der Waals surface area (Å²) in [4.78, 5) is 26.1. The van der Waals surface area contributed by atoms with Crippen molar-refractivity contribution in [1.82, 2.24) is 19.8 Å².